The summed E-state index contributed by atoms with van der Waals surface area (Å²) in [4.78, 5) is 2.33. The van der Waals surface area contributed by atoms with E-state index >= 15 is 0 Å². The first-order chi connectivity index (χ1) is 7.70. The molecular weight excluding hydrogens is 196 g/mol. The smallest absolute Gasteiger partial charge is 0.0417 e. The molecule has 88 valence electrons. The Bertz CT molecular complexity index is 331. The zero-order valence-electron chi connectivity index (χ0n) is 10.3. The summed E-state index contributed by atoms with van der Waals surface area (Å²) in [5.74, 6) is 0. The number of hydrogen-bond acceptors (Lipinski definition) is 2. The molecule has 16 heavy (non-hydrogen) atoms. The molecule has 0 heterocycles. The Hall–Kier alpha value is -1.28. The van der Waals surface area contributed by atoms with Gasteiger partial charge in [0.1, 0.15) is 0 Å². The summed E-state index contributed by atoms with van der Waals surface area (Å²) in [6.45, 7) is 9.93. The average molecular weight is 218 g/mol. The van der Waals surface area contributed by atoms with E-state index in [2.05, 4.69) is 36.6 Å². The fourth-order valence-electron chi connectivity index (χ4n) is 1.90. The van der Waals surface area contributed by atoms with Gasteiger partial charge in [0.25, 0.3) is 0 Å². The van der Waals surface area contributed by atoms with Gasteiger partial charge in [0.15, 0.2) is 0 Å². The Morgan fingerprint density at radius 3 is 2.69 bits per heavy atom. The lowest BCUT2D eigenvalue weighted by molar-refractivity contribution is 0.775. The van der Waals surface area contributed by atoms with Gasteiger partial charge >= 0.3 is 0 Å². The highest BCUT2D eigenvalue weighted by Gasteiger charge is 2.11. The maximum atomic E-state index is 5.99. The van der Waals surface area contributed by atoms with Crippen LogP contribution < -0.4 is 10.6 Å². The van der Waals surface area contributed by atoms with Crippen molar-refractivity contribution in [3.8, 4) is 0 Å². The van der Waals surface area contributed by atoms with Crippen molar-refractivity contribution in [2.24, 2.45) is 5.73 Å². The summed E-state index contributed by atoms with van der Waals surface area (Å²) in [6.07, 6.45) is 3.06. The van der Waals surface area contributed by atoms with Crippen LogP contribution in [0.15, 0.2) is 36.9 Å². The Labute approximate surface area is 98.8 Å². The van der Waals surface area contributed by atoms with E-state index in [1.807, 2.05) is 19.1 Å². The highest BCUT2D eigenvalue weighted by atomic mass is 15.1. The second-order valence-corrected chi connectivity index (χ2v) is 4.08. The van der Waals surface area contributed by atoms with Gasteiger partial charge in [-0.2, -0.15) is 0 Å². The largest absolute Gasteiger partial charge is 0.368 e. The minimum atomic E-state index is 0.0698. The number of hydrogen-bond donors (Lipinski definition) is 1. The van der Waals surface area contributed by atoms with E-state index in [1.165, 1.54) is 11.3 Å². The maximum absolute atomic E-state index is 5.99. The zero-order valence-corrected chi connectivity index (χ0v) is 10.3. The topological polar surface area (TPSA) is 29.3 Å². The van der Waals surface area contributed by atoms with Crippen molar-refractivity contribution in [1.29, 1.82) is 0 Å². The average Bonchev–Trinajstić information content (AvgIpc) is 2.29. The molecule has 0 aromatic heterocycles. The monoisotopic (exact) mass is 218 g/mol. The van der Waals surface area contributed by atoms with Crippen molar-refractivity contribution in [2.75, 3.05) is 18.0 Å². The lowest BCUT2D eigenvalue weighted by Gasteiger charge is -2.26. The molecule has 2 nitrogen and oxygen atoms in total. The molecule has 2 N–H and O–H groups in total. The van der Waals surface area contributed by atoms with E-state index in [-0.39, 0.29) is 6.04 Å². The van der Waals surface area contributed by atoms with Gasteiger partial charge in [-0.1, -0.05) is 31.2 Å². The predicted molar refractivity (Wildman–Crippen MR) is 71.7 cm³/mol. The number of nitrogens with zero attached hydrogens (tertiary/aromatic N) is 1. The van der Waals surface area contributed by atoms with Crippen LogP contribution in [0.3, 0.4) is 0 Å². The number of benzene rings is 1. The zero-order chi connectivity index (χ0) is 12.0. The second kappa shape index (κ2) is 6.33. The van der Waals surface area contributed by atoms with E-state index in [0.717, 1.165) is 19.5 Å². The molecule has 0 aliphatic heterocycles. The van der Waals surface area contributed by atoms with Gasteiger partial charge in [0.2, 0.25) is 0 Å². The summed E-state index contributed by atoms with van der Waals surface area (Å²) < 4.78 is 0. The van der Waals surface area contributed by atoms with E-state index in [1.54, 1.807) is 0 Å². The van der Waals surface area contributed by atoms with Crippen molar-refractivity contribution < 1.29 is 0 Å². The Kier molecular flexibility index (Phi) is 5.06. The van der Waals surface area contributed by atoms with Crippen LogP contribution >= 0.6 is 0 Å². The maximum Gasteiger partial charge on any atom is 0.0417 e. The first-order valence-corrected chi connectivity index (χ1v) is 5.91. The van der Waals surface area contributed by atoms with Crippen molar-refractivity contribution in [2.45, 2.75) is 26.3 Å². The molecule has 0 unspecified atom stereocenters. The van der Waals surface area contributed by atoms with E-state index in [0.29, 0.717) is 0 Å². The third-order valence-corrected chi connectivity index (χ3v) is 2.61. The van der Waals surface area contributed by atoms with Crippen LogP contribution in [-0.2, 0) is 0 Å². The minimum Gasteiger partial charge on any atom is -0.368 e. The standard InChI is InChI=1S/C14H22N2/c1-4-10-16(11-5-2)14-9-7-6-8-13(14)12(3)15/h4,6-9,12H,1,5,10-11,15H2,2-3H3/t12-/m1/s1. The third kappa shape index (κ3) is 3.11. The number of nitrogens with two attached hydrogens (primary N) is 1. The first-order valence-electron chi connectivity index (χ1n) is 5.91. The summed E-state index contributed by atoms with van der Waals surface area (Å²) in [5, 5.41) is 0. The fourth-order valence-corrected chi connectivity index (χ4v) is 1.90. The molecule has 1 atom stereocenters. The Morgan fingerprint density at radius 1 is 1.44 bits per heavy atom. The molecule has 0 aliphatic rings. The molecule has 0 saturated carbocycles. The van der Waals surface area contributed by atoms with Crippen molar-refractivity contribution >= 4 is 5.69 Å². The van der Waals surface area contributed by atoms with E-state index in [4.69, 9.17) is 5.73 Å². The third-order valence-electron chi connectivity index (χ3n) is 2.61. The van der Waals surface area contributed by atoms with Gasteiger partial charge in [0, 0.05) is 24.8 Å². The number of anilines is 1. The van der Waals surface area contributed by atoms with Crippen LogP contribution in [-0.4, -0.2) is 13.1 Å². The molecule has 2 heteroatoms. The number of para-hydroxylation sites is 1. The predicted octanol–water partition coefficient (Wildman–Crippen LogP) is 3.11. The Morgan fingerprint density at radius 2 is 2.12 bits per heavy atom. The summed E-state index contributed by atoms with van der Waals surface area (Å²) in [5.41, 5.74) is 8.43. The van der Waals surface area contributed by atoms with Crippen LogP contribution in [0.5, 0.6) is 0 Å². The Balaban J connectivity index is 3.01. The highest BCUT2D eigenvalue weighted by molar-refractivity contribution is 5.55. The van der Waals surface area contributed by atoms with Crippen LogP contribution in [0.25, 0.3) is 0 Å². The molecule has 1 aromatic carbocycles. The summed E-state index contributed by atoms with van der Waals surface area (Å²) in [6, 6.07) is 8.41. The molecule has 0 aliphatic carbocycles. The minimum absolute atomic E-state index is 0.0698. The lowest BCUT2D eigenvalue weighted by Crippen LogP contribution is -2.26. The van der Waals surface area contributed by atoms with Crippen LogP contribution in [0.2, 0.25) is 0 Å². The molecule has 1 aromatic rings. The van der Waals surface area contributed by atoms with Gasteiger partial charge in [-0.25, -0.2) is 0 Å². The van der Waals surface area contributed by atoms with Gasteiger partial charge in [-0.3, -0.25) is 0 Å². The molecular formula is C14H22N2. The highest BCUT2D eigenvalue weighted by Crippen LogP contribution is 2.25. The van der Waals surface area contributed by atoms with E-state index < -0.39 is 0 Å². The molecule has 0 fully saturated rings. The summed E-state index contributed by atoms with van der Waals surface area (Å²) >= 11 is 0. The summed E-state index contributed by atoms with van der Waals surface area (Å²) in [7, 11) is 0. The second-order valence-electron chi connectivity index (χ2n) is 4.08. The molecule has 0 saturated heterocycles. The van der Waals surface area contributed by atoms with Crippen molar-refractivity contribution in [1.82, 2.24) is 0 Å². The number of rotatable bonds is 6. The molecule has 0 spiro atoms. The van der Waals surface area contributed by atoms with E-state index in [9.17, 15) is 0 Å². The van der Waals surface area contributed by atoms with Gasteiger partial charge in [-0.05, 0) is 25.0 Å². The molecule has 0 radical (unpaired) electrons. The molecule has 0 amide bonds. The fraction of sp³-hybridized carbons (Fsp3) is 0.429. The first kappa shape index (κ1) is 12.8. The van der Waals surface area contributed by atoms with Gasteiger partial charge < -0.3 is 10.6 Å². The quantitative estimate of drug-likeness (QED) is 0.743. The lowest BCUT2D eigenvalue weighted by atomic mass is 10.1. The normalized spacial score (nSPS) is 12.2. The van der Waals surface area contributed by atoms with Crippen molar-refractivity contribution in [3.05, 3.63) is 42.5 Å². The molecule has 1 rings (SSSR count). The van der Waals surface area contributed by atoms with Crippen LogP contribution in [0.4, 0.5) is 5.69 Å². The van der Waals surface area contributed by atoms with Gasteiger partial charge in [-0.15, -0.1) is 6.58 Å². The van der Waals surface area contributed by atoms with Crippen molar-refractivity contribution in [3.63, 3.8) is 0 Å². The molecule has 0 bridgehead atoms. The van der Waals surface area contributed by atoms with Crippen LogP contribution in [0.1, 0.15) is 31.9 Å². The van der Waals surface area contributed by atoms with Crippen LogP contribution in [0, 0.1) is 0 Å². The van der Waals surface area contributed by atoms with Gasteiger partial charge in [0.05, 0.1) is 0 Å². The SMILES string of the molecule is C=CCN(CCC)c1ccccc1[C@@H](C)N.